The molecule has 2 aromatic rings. The number of ether oxygens (including phenoxy) is 1. The third kappa shape index (κ3) is 4.03. The largest absolute Gasteiger partial charge is 0.495 e. The molecule has 7 nitrogen and oxygen atoms in total. The van der Waals surface area contributed by atoms with Crippen LogP contribution in [0.4, 0.5) is 5.69 Å². The molecule has 1 aliphatic heterocycles. The second-order valence-corrected chi connectivity index (χ2v) is 7.28. The third-order valence-corrected chi connectivity index (χ3v) is 5.13. The van der Waals surface area contributed by atoms with Crippen LogP contribution in [-0.2, 0) is 13.0 Å². The molecule has 7 heteroatoms. The van der Waals surface area contributed by atoms with Gasteiger partial charge in [0.25, 0.3) is 11.8 Å². The maximum Gasteiger partial charge on any atom is 0.287 e. The summed E-state index contributed by atoms with van der Waals surface area (Å²) in [5.74, 6) is 0.347. The van der Waals surface area contributed by atoms with Gasteiger partial charge in [-0.15, -0.1) is 0 Å². The van der Waals surface area contributed by atoms with Gasteiger partial charge in [0.1, 0.15) is 5.75 Å². The molecule has 1 aromatic carbocycles. The quantitative estimate of drug-likeness (QED) is 0.800. The van der Waals surface area contributed by atoms with Crippen LogP contribution in [0.3, 0.4) is 0 Å². The highest BCUT2D eigenvalue weighted by molar-refractivity contribution is 6.05. The summed E-state index contributed by atoms with van der Waals surface area (Å²) in [5, 5.41) is 5.85. The smallest absolute Gasteiger partial charge is 0.287 e. The maximum absolute atomic E-state index is 13.0. The van der Waals surface area contributed by atoms with Gasteiger partial charge in [-0.25, -0.2) is 4.98 Å². The van der Waals surface area contributed by atoms with Crippen molar-refractivity contribution in [3.63, 3.8) is 0 Å². The Morgan fingerprint density at radius 1 is 1.29 bits per heavy atom. The van der Waals surface area contributed by atoms with Gasteiger partial charge in [0.15, 0.2) is 11.5 Å². The van der Waals surface area contributed by atoms with Crippen molar-refractivity contribution in [1.29, 1.82) is 0 Å². The zero-order valence-corrected chi connectivity index (χ0v) is 17.0. The molecular weight excluding hydrogens is 356 g/mol. The molecule has 0 radical (unpaired) electrons. The molecule has 1 aromatic heterocycles. The van der Waals surface area contributed by atoms with Crippen LogP contribution in [0.25, 0.3) is 0 Å². The molecule has 0 saturated carbocycles. The number of carbonyl (C=O) groups is 2. The van der Waals surface area contributed by atoms with Crippen LogP contribution in [0.2, 0.25) is 0 Å². The molecule has 1 atom stereocenters. The van der Waals surface area contributed by atoms with Crippen molar-refractivity contribution in [2.45, 2.75) is 59.0 Å². The highest BCUT2D eigenvalue weighted by Crippen LogP contribution is 2.27. The molecule has 0 bridgehead atoms. The van der Waals surface area contributed by atoms with Crippen LogP contribution in [0.15, 0.2) is 18.2 Å². The van der Waals surface area contributed by atoms with Crippen molar-refractivity contribution >= 4 is 17.5 Å². The Labute approximate surface area is 165 Å². The van der Waals surface area contributed by atoms with E-state index in [1.54, 1.807) is 7.11 Å². The first-order valence-corrected chi connectivity index (χ1v) is 9.80. The van der Waals surface area contributed by atoms with E-state index in [4.69, 9.17) is 4.74 Å². The number of methoxy groups -OCH3 is 1. The molecule has 2 heterocycles. The Kier molecular flexibility index (Phi) is 6.02. The molecule has 150 valence electrons. The van der Waals surface area contributed by atoms with E-state index in [9.17, 15) is 9.59 Å². The molecule has 28 heavy (non-hydrogen) atoms. The Balaban J connectivity index is 1.92. The number of nitrogens with one attached hydrogen (secondary N) is 2. The normalized spacial score (nSPS) is 14.1. The number of hydrogen-bond acceptors (Lipinski definition) is 4. The summed E-state index contributed by atoms with van der Waals surface area (Å²) in [4.78, 5) is 30.1. The summed E-state index contributed by atoms with van der Waals surface area (Å²) in [6.07, 6.45) is 3.52. The average molecular weight is 384 g/mol. The van der Waals surface area contributed by atoms with Crippen LogP contribution >= 0.6 is 0 Å². The lowest BCUT2D eigenvalue weighted by atomic mass is 10.1. The number of aromatic nitrogens is 2. The SMILES string of the molecule is CCC(C)NC(=O)c1nc(C(=O)Nc2cc(C)ccc2OC)c2n1CCCC2. The number of imidazole rings is 1. The lowest BCUT2D eigenvalue weighted by molar-refractivity contribution is 0.0923. The van der Waals surface area contributed by atoms with E-state index in [2.05, 4.69) is 15.6 Å². The van der Waals surface area contributed by atoms with Gasteiger partial charge in [0.2, 0.25) is 0 Å². The number of anilines is 1. The van der Waals surface area contributed by atoms with Crippen molar-refractivity contribution < 1.29 is 14.3 Å². The highest BCUT2D eigenvalue weighted by atomic mass is 16.5. The Hall–Kier alpha value is -2.83. The van der Waals surface area contributed by atoms with Gasteiger partial charge in [-0.05, 0) is 57.2 Å². The van der Waals surface area contributed by atoms with Gasteiger partial charge < -0.3 is 19.9 Å². The third-order valence-electron chi connectivity index (χ3n) is 5.13. The number of nitrogens with zero attached hydrogens (tertiary/aromatic N) is 2. The van der Waals surface area contributed by atoms with Gasteiger partial charge in [-0.1, -0.05) is 13.0 Å². The van der Waals surface area contributed by atoms with E-state index in [1.807, 2.05) is 43.5 Å². The summed E-state index contributed by atoms with van der Waals surface area (Å²) in [5.41, 5.74) is 2.74. The average Bonchev–Trinajstić information content (AvgIpc) is 3.08. The van der Waals surface area contributed by atoms with Crippen molar-refractivity contribution in [2.75, 3.05) is 12.4 Å². The number of aryl methyl sites for hydroxylation is 1. The zero-order valence-electron chi connectivity index (χ0n) is 17.0. The van der Waals surface area contributed by atoms with E-state index in [-0.39, 0.29) is 17.9 Å². The number of fused-ring (bicyclic) bond motifs is 1. The zero-order chi connectivity index (χ0) is 20.3. The Morgan fingerprint density at radius 2 is 2.07 bits per heavy atom. The monoisotopic (exact) mass is 384 g/mol. The Morgan fingerprint density at radius 3 is 2.79 bits per heavy atom. The minimum Gasteiger partial charge on any atom is -0.495 e. The van der Waals surface area contributed by atoms with E-state index in [1.165, 1.54) is 0 Å². The van der Waals surface area contributed by atoms with Gasteiger partial charge in [-0.3, -0.25) is 9.59 Å². The second kappa shape index (κ2) is 8.46. The highest BCUT2D eigenvalue weighted by Gasteiger charge is 2.28. The fourth-order valence-corrected chi connectivity index (χ4v) is 3.39. The predicted octanol–water partition coefficient (Wildman–Crippen LogP) is 3.32. The van der Waals surface area contributed by atoms with Crippen LogP contribution in [0.1, 0.15) is 65.5 Å². The molecule has 0 aliphatic carbocycles. The molecule has 3 rings (SSSR count). The van der Waals surface area contributed by atoms with E-state index >= 15 is 0 Å². The predicted molar refractivity (Wildman–Crippen MR) is 108 cm³/mol. The second-order valence-electron chi connectivity index (χ2n) is 7.28. The van der Waals surface area contributed by atoms with E-state index < -0.39 is 0 Å². The number of hydrogen-bond donors (Lipinski definition) is 2. The molecular formula is C21H28N4O3. The molecule has 0 spiro atoms. The van der Waals surface area contributed by atoms with Gasteiger partial charge in [0, 0.05) is 12.6 Å². The number of rotatable bonds is 6. The fourth-order valence-electron chi connectivity index (χ4n) is 3.39. The van der Waals surface area contributed by atoms with E-state index in [0.29, 0.717) is 29.5 Å². The summed E-state index contributed by atoms with van der Waals surface area (Å²) in [6, 6.07) is 5.65. The molecule has 1 unspecified atom stereocenters. The Bertz CT molecular complexity index is 888. The first-order valence-electron chi connectivity index (χ1n) is 9.80. The fraction of sp³-hybridized carbons (Fsp3) is 0.476. The van der Waals surface area contributed by atoms with Crippen molar-refractivity contribution in [3.8, 4) is 5.75 Å². The molecule has 0 fully saturated rings. The molecule has 2 N–H and O–H groups in total. The van der Waals surface area contributed by atoms with Crippen molar-refractivity contribution in [3.05, 3.63) is 41.0 Å². The molecule has 0 saturated heterocycles. The van der Waals surface area contributed by atoms with Crippen LogP contribution in [0, 0.1) is 6.92 Å². The lowest BCUT2D eigenvalue weighted by Crippen LogP contribution is -2.34. The van der Waals surface area contributed by atoms with Crippen LogP contribution < -0.4 is 15.4 Å². The van der Waals surface area contributed by atoms with Gasteiger partial charge in [-0.2, -0.15) is 0 Å². The van der Waals surface area contributed by atoms with Gasteiger partial charge >= 0.3 is 0 Å². The maximum atomic E-state index is 13.0. The number of amides is 2. The number of carbonyl (C=O) groups excluding carboxylic acids is 2. The summed E-state index contributed by atoms with van der Waals surface area (Å²) in [6.45, 7) is 6.62. The molecule has 1 aliphatic rings. The lowest BCUT2D eigenvalue weighted by Gasteiger charge is -2.18. The summed E-state index contributed by atoms with van der Waals surface area (Å²) < 4.78 is 7.24. The van der Waals surface area contributed by atoms with E-state index in [0.717, 1.165) is 36.9 Å². The first kappa shape index (κ1) is 19.9. The minimum atomic E-state index is -0.322. The van der Waals surface area contributed by atoms with Crippen molar-refractivity contribution in [2.24, 2.45) is 0 Å². The molecule has 2 amide bonds. The first-order chi connectivity index (χ1) is 13.4. The number of benzene rings is 1. The topological polar surface area (TPSA) is 85.2 Å². The minimum absolute atomic E-state index is 0.0536. The summed E-state index contributed by atoms with van der Waals surface area (Å²) in [7, 11) is 1.57. The summed E-state index contributed by atoms with van der Waals surface area (Å²) >= 11 is 0. The van der Waals surface area contributed by atoms with Crippen molar-refractivity contribution in [1.82, 2.24) is 14.9 Å². The van der Waals surface area contributed by atoms with Crippen LogP contribution in [0.5, 0.6) is 5.75 Å². The van der Waals surface area contributed by atoms with Gasteiger partial charge in [0.05, 0.1) is 18.5 Å². The standard InChI is InChI=1S/C21H28N4O3/c1-5-14(3)22-21(27)19-24-18(16-8-6-7-11-25(16)19)20(26)23-15-12-13(2)9-10-17(15)28-4/h9-10,12,14H,5-8,11H2,1-4H3,(H,22,27)(H,23,26). The van der Waals surface area contributed by atoms with Crippen LogP contribution in [-0.4, -0.2) is 34.5 Å².